The van der Waals surface area contributed by atoms with Gasteiger partial charge >= 0.3 is 5.69 Å². The normalized spacial score (nSPS) is 10.3. The standard InChI is InChI=1S/C17H16N6O2/c1-11-7-8-18-14(9-11)22-17-15(23(24)25)16(19-10-20-17)21-13-6-4-3-5-12(13)2/h3-10H,1-2H3,(H2,18,19,20,21,22). The molecule has 3 aromatic rings. The largest absolute Gasteiger partial charge is 0.353 e. The molecule has 25 heavy (non-hydrogen) atoms. The monoisotopic (exact) mass is 336 g/mol. The minimum Gasteiger partial charge on any atom is -0.334 e. The molecule has 0 saturated carbocycles. The molecular weight excluding hydrogens is 320 g/mol. The van der Waals surface area contributed by atoms with E-state index in [2.05, 4.69) is 25.6 Å². The quantitative estimate of drug-likeness (QED) is 0.538. The minimum atomic E-state index is -0.515. The van der Waals surface area contributed by atoms with Gasteiger partial charge in [-0.25, -0.2) is 15.0 Å². The van der Waals surface area contributed by atoms with Crippen LogP contribution in [0, 0.1) is 24.0 Å². The van der Waals surface area contributed by atoms with E-state index in [-0.39, 0.29) is 17.3 Å². The minimum absolute atomic E-state index is 0.0779. The van der Waals surface area contributed by atoms with Gasteiger partial charge in [0.2, 0.25) is 11.6 Å². The number of rotatable bonds is 5. The van der Waals surface area contributed by atoms with Gasteiger partial charge in [0.15, 0.2) is 0 Å². The topological polar surface area (TPSA) is 106 Å². The Labute approximate surface area is 144 Å². The molecule has 2 aromatic heterocycles. The van der Waals surface area contributed by atoms with E-state index in [9.17, 15) is 10.1 Å². The first-order chi connectivity index (χ1) is 12.0. The number of anilines is 4. The lowest BCUT2D eigenvalue weighted by Gasteiger charge is -2.11. The summed E-state index contributed by atoms with van der Waals surface area (Å²) in [6.07, 6.45) is 2.89. The summed E-state index contributed by atoms with van der Waals surface area (Å²) in [5.74, 6) is 0.669. The second-order valence-electron chi connectivity index (χ2n) is 5.46. The molecule has 8 heteroatoms. The number of aryl methyl sites for hydroxylation is 2. The van der Waals surface area contributed by atoms with Crippen LogP contribution in [-0.4, -0.2) is 19.9 Å². The number of pyridine rings is 1. The van der Waals surface area contributed by atoms with Crippen molar-refractivity contribution in [3.63, 3.8) is 0 Å². The first-order valence-corrected chi connectivity index (χ1v) is 7.56. The van der Waals surface area contributed by atoms with E-state index in [4.69, 9.17) is 0 Å². The van der Waals surface area contributed by atoms with Crippen molar-refractivity contribution in [2.75, 3.05) is 10.6 Å². The summed E-state index contributed by atoms with van der Waals surface area (Å²) in [5.41, 5.74) is 2.43. The SMILES string of the molecule is Cc1ccnc(Nc2ncnc(Nc3ccccc3C)c2[N+](=O)[O-])c1. The Morgan fingerprint density at radius 1 is 1.00 bits per heavy atom. The Kier molecular flexibility index (Phi) is 4.51. The van der Waals surface area contributed by atoms with Crippen molar-refractivity contribution in [1.29, 1.82) is 0 Å². The van der Waals surface area contributed by atoms with E-state index >= 15 is 0 Å². The third-order valence-electron chi connectivity index (χ3n) is 3.56. The fourth-order valence-corrected chi connectivity index (χ4v) is 2.30. The molecule has 0 atom stereocenters. The lowest BCUT2D eigenvalue weighted by molar-refractivity contribution is -0.383. The van der Waals surface area contributed by atoms with Crippen LogP contribution in [0.1, 0.15) is 11.1 Å². The molecular formula is C17H16N6O2. The summed E-state index contributed by atoms with van der Waals surface area (Å²) in [6, 6.07) is 11.1. The van der Waals surface area contributed by atoms with Gasteiger partial charge in [-0.2, -0.15) is 0 Å². The third kappa shape index (κ3) is 3.69. The van der Waals surface area contributed by atoms with Gasteiger partial charge in [0, 0.05) is 11.9 Å². The summed E-state index contributed by atoms with van der Waals surface area (Å²) < 4.78 is 0. The fourth-order valence-electron chi connectivity index (χ4n) is 2.30. The second-order valence-corrected chi connectivity index (χ2v) is 5.46. The number of nitro groups is 1. The number of nitrogens with one attached hydrogen (secondary N) is 2. The van der Waals surface area contributed by atoms with Gasteiger partial charge in [-0.05, 0) is 43.2 Å². The van der Waals surface area contributed by atoms with Crippen LogP contribution in [0.3, 0.4) is 0 Å². The van der Waals surface area contributed by atoms with E-state index in [1.165, 1.54) is 6.33 Å². The molecule has 0 aliphatic rings. The molecule has 0 spiro atoms. The van der Waals surface area contributed by atoms with E-state index < -0.39 is 4.92 Å². The van der Waals surface area contributed by atoms with E-state index in [1.54, 1.807) is 12.3 Å². The van der Waals surface area contributed by atoms with E-state index in [1.807, 2.05) is 44.2 Å². The molecule has 0 amide bonds. The summed E-state index contributed by atoms with van der Waals surface area (Å²) in [7, 11) is 0. The second kappa shape index (κ2) is 6.91. The Bertz CT molecular complexity index is 929. The molecule has 126 valence electrons. The average Bonchev–Trinajstić information content (AvgIpc) is 2.57. The maximum absolute atomic E-state index is 11.6. The van der Waals surface area contributed by atoms with Gasteiger partial charge in [-0.3, -0.25) is 10.1 Å². The zero-order valence-corrected chi connectivity index (χ0v) is 13.7. The number of benzene rings is 1. The number of aromatic nitrogens is 3. The number of hydrogen-bond acceptors (Lipinski definition) is 7. The molecule has 2 N–H and O–H groups in total. The van der Waals surface area contributed by atoms with E-state index in [0.717, 1.165) is 16.8 Å². The molecule has 0 aliphatic heterocycles. The smallest absolute Gasteiger partial charge is 0.334 e. The van der Waals surface area contributed by atoms with Crippen molar-refractivity contribution < 1.29 is 4.92 Å². The molecule has 2 heterocycles. The van der Waals surface area contributed by atoms with Crippen molar-refractivity contribution in [3.8, 4) is 0 Å². The fraction of sp³-hybridized carbons (Fsp3) is 0.118. The molecule has 1 aromatic carbocycles. The van der Waals surface area contributed by atoms with Crippen molar-refractivity contribution >= 4 is 28.8 Å². The predicted molar refractivity (Wildman–Crippen MR) is 95.4 cm³/mol. The third-order valence-corrected chi connectivity index (χ3v) is 3.56. The Morgan fingerprint density at radius 2 is 1.72 bits per heavy atom. The van der Waals surface area contributed by atoms with Crippen molar-refractivity contribution in [3.05, 3.63) is 70.2 Å². The summed E-state index contributed by atoms with van der Waals surface area (Å²) in [5, 5.41) is 17.5. The van der Waals surface area contributed by atoms with E-state index in [0.29, 0.717) is 5.82 Å². The summed E-state index contributed by atoms with van der Waals surface area (Å²) >= 11 is 0. The van der Waals surface area contributed by atoms with Gasteiger partial charge in [0.25, 0.3) is 0 Å². The molecule has 0 saturated heterocycles. The number of para-hydroxylation sites is 1. The maximum Gasteiger partial charge on any atom is 0.353 e. The maximum atomic E-state index is 11.6. The van der Waals surface area contributed by atoms with Crippen LogP contribution in [0.5, 0.6) is 0 Å². The van der Waals surface area contributed by atoms with Crippen LogP contribution in [0.2, 0.25) is 0 Å². The van der Waals surface area contributed by atoms with Gasteiger partial charge in [-0.1, -0.05) is 18.2 Å². The number of nitrogens with zero attached hydrogens (tertiary/aromatic N) is 4. The molecule has 8 nitrogen and oxygen atoms in total. The molecule has 0 bridgehead atoms. The van der Waals surface area contributed by atoms with Crippen LogP contribution in [0.15, 0.2) is 48.9 Å². The van der Waals surface area contributed by atoms with Gasteiger partial charge in [-0.15, -0.1) is 0 Å². The average molecular weight is 336 g/mol. The molecule has 0 radical (unpaired) electrons. The van der Waals surface area contributed by atoms with Crippen LogP contribution >= 0.6 is 0 Å². The first kappa shape index (κ1) is 16.3. The lowest BCUT2D eigenvalue weighted by Crippen LogP contribution is -2.06. The van der Waals surface area contributed by atoms with Crippen LogP contribution in [-0.2, 0) is 0 Å². The number of hydrogen-bond donors (Lipinski definition) is 2. The highest BCUT2D eigenvalue weighted by molar-refractivity contribution is 5.76. The molecule has 3 rings (SSSR count). The highest BCUT2D eigenvalue weighted by atomic mass is 16.6. The zero-order valence-electron chi connectivity index (χ0n) is 13.7. The van der Waals surface area contributed by atoms with Gasteiger partial charge in [0.05, 0.1) is 4.92 Å². The lowest BCUT2D eigenvalue weighted by atomic mass is 10.2. The van der Waals surface area contributed by atoms with Gasteiger partial charge in [0.1, 0.15) is 12.1 Å². The van der Waals surface area contributed by atoms with Crippen LogP contribution in [0.4, 0.5) is 28.8 Å². The predicted octanol–water partition coefficient (Wildman–Crippen LogP) is 3.88. The van der Waals surface area contributed by atoms with Crippen molar-refractivity contribution in [2.45, 2.75) is 13.8 Å². The van der Waals surface area contributed by atoms with Crippen molar-refractivity contribution in [1.82, 2.24) is 15.0 Å². The first-order valence-electron chi connectivity index (χ1n) is 7.56. The highest BCUT2D eigenvalue weighted by Gasteiger charge is 2.23. The van der Waals surface area contributed by atoms with Crippen molar-refractivity contribution in [2.24, 2.45) is 0 Å². The van der Waals surface area contributed by atoms with Crippen LogP contribution in [0.25, 0.3) is 0 Å². The Morgan fingerprint density at radius 3 is 2.40 bits per heavy atom. The zero-order chi connectivity index (χ0) is 17.8. The Balaban J connectivity index is 2.00. The summed E-state index contributed by atoms with van der Waals surface area (Å²) in [4.78, 5) is 23.3. The molecule has 0 unspecified atom stereocenters. The molecule has 0 aliphatic carbocycles. The Hall–Kier alpha value is -3.55. The van der Waals surface area contributed by atoms with Gasteiger partial charge < -0.3 is 10.6 Å². The summed E-state index contributed by atoms with van der Waals surface area (Å²) in [6.45, 7) is 3.82. The van der Waals surface area contributed by atoms with Crippen LogP contribution < -0.4 is 10.6 Å². The highest BCUT2D eigenvalue weighted by Crippen LogP contribution is 2.33. The molecule has 0 fully saturated rings.